The summed E-state index contributed by atoms with van der Waals surface area (Å²) in [5, 5.41) is 13.8. The van der Waals surface area contributed by atoms with Crippen LogP contribution >= 0.6 is 11.6 Å². The number of aromatic nitrogens is 1. The van der Waals surface area contributed by atoms with Gasteiger partial charge in [-0.05, 0) is 78.6 Å². The normalized spacial score (nSPS) is 18.4. The van der Waals surface area contributed by atoms with E-state index >= 15 is 0 Å². The van der Waals surface area contributed by atoms with Crippen molar-refractivity contribution >= 4 is 17.6 Å². The maximum Gasteiger partial charge on any atom is 0.573 e. The summed E-state index contributed by atoms with van der Waals surface area (Å²) in [5.74, 6) is 0.410. The van der Waals surface area contributed by atoms with Gasteiger partial charge < -0.3 is 19.1 Å². The van der Waals surface area contributed by atoms with Gasteiger partial charge in [-0.25, -0.2) is 4.79 Å². The molecule has 2 aliphatic rings. The Morgan fingerprint density at radius 3 is 2.48 bits per heavy atom. The SMILES string of the molecule is O=C(O)c1ccc([C@@H]2C[C@H]2c2ccc(OCc3c(-c4ccccc4OC(F)(F)F)noc3C3CC3)cc2Cl)cc1. The lowest BCUT2D eigenvalue weighted by atomic mass is 10.0. The Morgan fingerprint density at radius 1 is 1.05 bits per heavy atom. The van der Waals surface area contributed by atoms with E-state index < -0.39 is 12.3 Å². The van der Waals surface area contributed by atoms with Gasteiger partial charge in [0.1, 0.15) is 29.6 Å². The van der Waals surface area contributed by atoms with E-state index in [-0.39, 0.29) is 46.9 Å². The number of carboxylic acids is 1. The highest BCUT2D eigenvalue weighted by atomic mass is 35.5. The predicted octanol–water partition coefficient (Wildman–Crippen LogP) is 8.32. The Kier molecular flexibility index (Phi) is 6.70. The second kappa shape index (κ2) is 10.2. The highest BCUT2D eigenvalue weighted by Crippen LogP contribution is 2.56. The molecule has 0 bridgehead atoms. The number of halogens is 4. The minimum Gasteiger partial charge on any atom is -0.489 e. The van der Waals surface area contributed by atoms with Crippen LogP contribution in [0.5, 0.6) is 11.5 Å². The maximum atomic E-state index is 13.0. The van der Waals surface area contributed by atoms with Crippen LogP contribution in [0.3, 0.4) is 0 Å². The van der Waals surface area contributed by atoms with E-state index in [1.165, 1.54) is 18.2 Å². The first-order valence-electron chi connectivity index (χ1n) is 12.8. The summed E-state index contributed by atoms with van der Waals surface area (Å²) in [6.07, 6.45) is -2.13. The zero-order chi connectivity index (χ0) is 28.0. The summed E-state index contributed by atoms with van der Waals surface area (Å²) in [6, 6.07) is 18.2. The van der Waals surface area contributed by atoms with E-state index in [4.69, 9.17) is 26.0 Å². The highest BCUT2D eigenvalue weighted by molar-refractivity contribution is 6.31. The van der Waals surface area contributed by atoms with Gasteiger partial charge in [0.25, 0.3) is 0 Å². The van der Waals surface area contributed by atoms with Crippen molar-refractivity contribution in [3.05, 3.63) is 99.8 Å². The molecule has 2 saturated carbocycles. The van der Waals surface area contributed by atoms with Crippen LogP contribution < -0.4 is 9.47 Å². The van der Waals surface area contributed by atoms with Crippen molar-refractivity contribution in [3.8, 4) is 22.8 Å². The molecule has 6 rings (SSSR count). The molecule has 0 radical (unpaired) electrons. The first-order valence-corrected chi connectivity index (χ1v) is 13.1. The number of nitrogens with zero attached hydrogens (tertiary/aromatic N) is 1. The summed E-state index contributed by atoms with van der Waals surface area (Å²) in [5.41, 5.74) is 3.28. The first-order chi connectivity index (χ1) is 19.2. The Balaban J connectivity index is 1.19. The fourth-order valence-corrected chi connectivity index (χ4v) is 5.36. The zero-order valence-electron chi connectivity index (χ0n) is 21.0. The van der Waals surface area contributed by atoms with Gasteiger partial charge in [-0.15, -0.1) is 13.2 Å². The van der Waals surface area contributed by atoms with Gasteiger partial charge in [0.05, 0.1) is 11.1 Å². The molecule has 0 unspecified atom stereocenters. The lowest BCUT2D eigenvalue weighted by Crippen LogP contribution is -2.17. The number of ether oxygens (including phenoxy) is 2. The molecule has 2 fully saturated rings. The number of hydrogen-bond acceptors (Lipinski definition) is 5. The van der Waals surface area contributed by atoms with Gasteiger partial charge in [0.2, 0.25) is 0 Å². The maximum absolute atomic E-state index is 13.0. The molecule has 0 saturated heterocycles. The molecule has 0 amide bonds. The van der Waals surface area contributed by atoms with Crippen molar-refractivity contribution in [2.24, 2.45) is 0 Å². The van der Waals surface area contributed by atoms with Gasteiger partial charge >= 0.3 is 12.3 Å². The number of carbonyl (C=O) groups is 1. The summed E-state index contributed by atoms with van der Waals surface area (Å²) >= 11 is 6.63. The minimum absolute atomic E-state index is 0.0304. The average Bonchev–Trinajstić information content (AvgIpc) is 3.85. The molecule has 4 aromatic rings. The Hall–Kier alpha value is -3.98. The third kappa shape index (κ3) is 5.51. The van der Waals surface area contributed by atoms with Crippen LogP contribution in [0.15, 0.2) is 71.3 Å². The smallest absolute Gasteiger partial charge is 0.489 e. The van der Waals surface area contributed by atoms with Crippen molar-refractivity contribution in [1.82, 2.24) is 5.16 Å². The van der Waals surface area contributed by atoms with Crippen molar-refractivity contribution in [2.45, 2.75) is 50.0 Å². The minimum atomic E-state index is -4.85. The van der Waals surface area contributed by atoms with Gasteiger partial charge in [-0.1, -0.05) is 47.1 Å². The van der Waals surface area contributed by atoms with Crippen LogP contribution in [0.2, 0.25) is 5.02 Å². The molecule has 1 heterocycles. The number of carboxylic acid groups (broad SMARTS) is 1. The van der Waals surface area contributed by atoms with Crippen molar-refractivity contribution in [2.75, 3.05) is 0 Å². The number of aromatic carboxylic acids is 1. The molecule has 10 heteroatoms. The summed E-state index contributed by atoms with van der Waals surface area (Å²) in [6.45, 7) is 0.0304. The van der Waals surface area contributed by atoms with Crippen molar-refractivity contribution < 1.29 is 37.1 Å². The molecular weight excluding hydrogens is 547 g/mol. The summed E-state index contributed by atoms with van der Waals surface area (Å²) in [7, 11) is 0. The third-order valence-electron chi connectivity index (χ3n) is 7.27. The van der Waals surface area contributed by atoms with E-state index in [1.807, 2.05) is 24.3 Å². The van der Waals surface area contributed by atoms with E-state index in [1.54, 1.807) is 24.3 Å². The van der Waals surface area contributed by atoms with E-state index in [9.17, 15) is 18.0 Å². The second-order valence-corrected chi connectivity index (χ2v) is 10.4. The predicted molar refractivity (Wildman–Crippen MR) is 140 cm³/mol. The van der Waals surface area contributed by atoms with Crippen LogP contribution in [0, 0.1) is 0 Å². The van der Waals surface area contributed by atoms with Gasteiger partial charge in [0.15, 0.2) is 0 Å². The lowest BCUT2D eigenvalue weighted by molar-refractivity contribution is -0.274. The summed E-state index contributed by atoms with van der Waals surface area (Å²) < 4.78 is 54.9. The van der Waals surface area contributed by atoms with Crippen LogP contribution in [0.4, 0.5) is 13.2 Å². The Morgan fingerprint density at radius 2 is 1.80 bits per heavy atom. The quantitative estimate of drug-likeness (QED) is 0.218. The van der Waals surface area contributed by atoms with Crippen LogP contribution in [0.25, 0.3) is 11.3 Å². The number of benzene rings is 3. The molecule has 0 aliphatic heterocycles. The van der Waals surface area contributed by atoms with Gasteiger partial charge in [-0.3, -0.25) is 0 Å². The topological polar surface area (TPSA) is 81.8 Å². The molecule has 206 valence electrons. The molecule has 40 heavy (non-hydrogen) atoms. The fraction of sp³-hybridized carbons (Fsp3) is 0.267. The third-order valence-corrected chi connectivity index (χ3v) is 7.59. The van der Waals surface area contributed by atoms with Gasteiger partial charge in [0, 0.05) is 16.5 Å². The number of alkyl halides is 3. The summed E-state index contributed by atoms with van der Waals surface area (Å²) in [4.78, 5) is 11.1. The lowest BCUT2D eigenvalue weighted by Gasteiger charge is -2.13. The Labute approximate surface area is 232 Å². The molecule has 2 aliphatic carbocycles. The molecule has 6 nitrogen and oxygen atoms in total. The number of hydrogen-bond donors (Lipinski definition) is 1. The molecule has 0 spiro atoms. The Bertz CT molecular complexity index is 1560. The average molecular weight is 570 g/mol. The van der Waals surface area contributed by atoms with Crippen LogP contribution in [-0.2, 0) is 6.61 Å². The monoisotopic (exact) mass is 569 g/mol. The number of rotatable bonds is 9. The molecule has 1 aromatic heterocycles. The van der Waals surface area contributed by atoms with Crippen LogP contribution in [0.1, 0.15) is 69.8 Å². The largest absolute Gasteiger partial charge is 0.573 e. The van der Waals surface area contributed by atoms with Crippen molar-refractivity contribution in [3.63, 3.8) is 0 Å². The second-order valence-electron chi connectivity index (χ2n) is 10.0. The molecular formula is C30H23ClF3NO5. The molecule has 3 aromatic carbocycles. The first kappa shape index (κ1) is 26.3. The van der Waals surface area contributed by atoms with Gasteiger partial charge in [-0.2, -0.15) is 0 Å². The zero-order valence-corrected chi connectivity index (χ0v) is 21.7. The standard InChI is InChI=1S/C30H23ClF3NO5/c31-25-13-19(11-12-20(25)23-14-22(23)16-5-9-18(10-6-16)29(36)37)38-15-24-27(35-40-28(24)17-7-8-17)21-3-1-2-4-26(21)39-30(32,33)34/h1-6,9-13,17,22-23H,7-8,14-15H2,(H,36,37)/t22-,23-/m0/s1. The van der Waals surface area contributed by atoms with E-state index in [0.717, 1.165) is 30.4 Å². The van der Waals surface area contributed by atoms with Crippen molar-refractivity contribution in [1.29, 1.82) is 0 Å². The fourth-order valence-electron chi connectivity index (χ4n) is 5.05. The molecule has 1 N–H and O–H groups in total. The number of para-hydroxylation sites is 1. The molecule has 2 atom stereocenters. The van der Waals surface area contributed by atoms with E-state index in [2.05, 4.69) is 9.89 Å². The highest BCUT2D eigenvalue weighted by Gasteiger charge is 2.41. The van der Waals surface area contributed by atoms with E-state index in [0.29, 0.717) is 22.1 Å². The van der Waals surface area contributed by atoms with Crippen LogP contribution in [-0.4, -0.2) is 22.6 Å².